The van der Waals surface area contributed by atoms with Crippen LogP contribution in [0, 0.1) is 12.3 Å². The molecule has 1 saturated heterocycles. The van der Waals surface area contributed by atoms with Crippen LogP contribution in [-0.4, -0.2) is 61.7 Å². The van der Waals surface area contributed by atoms with Crippen molar-refractivity contribution in [3.63, 3.8) is 0 Å². The predicted octanol–water partition coefficient (Wildman–Crippen LogP) is 0.996. The molecular weight excluding hydrogens is 386 g/mol. The molecule has 10 heteroatoms. The number of carbonyl (C=O) groups excluding carboxylic acids is 2. The zero-order chi connectivity index (χ0) is 21.6. The van der Waals surface area contributed by atoms with Crippen LogP contribution in [0.5, 0.6) is 0 Å². The zero-order valence-electron chi connectivity index (χ0n) is 17.8. The van der Waals surface area contributed by atoms with Crippen LogP contribution in [0.3, 0.4) is 0 Å². The molecular formula is C20H29N7O3. The topological polar surface area (TPSA) is 123 Å². The molecule has 4 N–H and O–H groups in total. The van der Waals surface area contributed by atoms with Crippen LogP contribution in [0.25, 0.3) is 0 Å². The number of rotatable bonds is 5. The summed E-state index contributed by atoms with van der Waals surface area (Å²) in [4.78, 5) is 35.9. The number of hydrogen-bond acceptors (Lipinski definition) is 8. The van der Waals surface area contributed by atoms with Crippen molar-refractivity contribution >= 4 is 17.6 Å². The molecule has 0 radical (unpaired) electrons. The summed E-state index contributed by atoms with van der Waals surface area (Å²) < 4.78 is 0. The van der Waals surface area contributed by atoms with Crippen LogP contribution in [0.4, 0.5) is 5.82 Å². The third-order valence-electron chi connectivity index (χ3n) is 5.24. The van der Waals surface area contributed by atoms with E-state index in [1.54, 1.807) is 4.90 Å². The van der Waals surface area contributed by atoms with Crippen LogP contribution in [0.2, 0.25) is 0 Å². The Balaban J connectivity index is 1.60. The van der Waals surface area contributed by atoms with Crippen LogP contribution in [0.1, 0.15) is 45.7 Å². The van der Waals surface area contributed by atoms with Crippen molar-refractivity contribution in [3.05, 3.63) is 29.5 Å². The average molecular weight is 415 g/mol. The fourth-order valence-corrected chi connectivity index (χ4v) is 3.76. The van der Waals surface area contributed by atoms with E-state index in [4.69, 9.17) is 0 Å². The smallest absolute Gasteiger partial charge is 0.281 e. The number of anilines is 1. The summed E-state index contributed by atoms with van der Waals surface area (Å²) in [6, 6.07) is 1.90. The van der Waals surface area contributed by atoms with Gasteiger partial charge in [0.1, 0.15) is 18.3 Å². The van der Waals surface area contributed by atoms with Crippen molar-refractivity contribution in [2.45, 2.75) is 65.3 Å². The van der Waals surface area contributed by atoms with Crippen molar-refractivity contribution in [1.82, 2.24) is 30.6 Å². The second-order valence-corrected chi connectivity index (χ2v) is 9.40. The summed E-state index contributed by atoms with van der Waals surface area (Å²) in [5.74, 6) is -0.667. The molecule has 162 valence electrons. The molecule has 1 saturated carbocycles. The van der Waals surface area contributed by atoms with Gasteiger partial charge in [0.25, 0.3) is 11.8 Å². The summed E-state index contributed by atoms with van der Waals surface area (Å²) in [5, 5.41) is 18.5. The van der Waals surface area contributed by atoms with E-state index < -0.39 is 18.0 Å². The molecule has 3 heterocycles. The van der Waals surface area contributed by atoms with Gasteiger partial charge in [0, 0.05) is 30.8 Å². The van der Waals surface area contributed by atoms with Crippen molar-refractivity contribution < 1.29 is 14.7 Å². The highest BCUT2D eigenvalue weighted by Crippen LogP contribution is 2.33. The number of hydrazine groups is 1. The number of aliphatic hydroxyl groups excluding tert-OH is 1. The van der Waals surface area contributed by atoms with E-state index in [-0.39, 0.29) is 29.1 Å². The molecule has 0 aromatic carbocycles. The molecule has 1 aliphatic carbocycles. The molecule has 2 atom stereocenters. The van der Waals surface area contributed by atoms with Crippen LogP contribution in [-0.2, 0) is 9.59 Å². The number of fused-ring (bicyclic) bond motifs is 1. The van der Waals surface area contributed by atoms with Crippen molar-refractivity contribution in [2.24, 2.45) is 5.41 Å². The lowest BCUT2D eigenvalue weighted by atomic mass is 9.95. The van der Waals surface area contributed by atoms with Gasteiger partial charge < -0.3 is 20.6 Å². The number of nitrogens with one attached hydrogen (secondary N) is 3. The highest BCUT2D eigenvalue weighted by Gasteiger charge is 2.49. The van der Waals surface area contributed by atoms with E-state index in [2.05, 4.69) is 26.0 Å². The van der Waals surface area contributed by atoms with Gasteiger partial charge in [-0.2, -0.15) is 0 Å². The van der Waals surface area contributed by atoms with Gasteiger partial charge in [-0.25, -0.2) is 20.4 Å². The minimum Gasteiger partial charge on any atom is -0.494 e. The lowest BCUT2D eigenvalue weighted by molar-refractivity contribution is -0.142. The second-order valence-electron chi connectivity index (χ2n) is 9.40. The van der Waals surface area contributed by atoms with Gasteiger partial charge in [0.2, 0.25) is 5.88 Å². The molecule has 1 aromatic rings. The van der Waals surface area contributed by atoms with Gasteiger partial charge in [-0.3, -0.25) is 9.59 Å². The van der Waals surface area contributed by atoms with Gasteiger partial charge in [0.05, 0.1) is 6.17 Å². The van der Waals surface area contributed by atoms with Crippen LogP contribution in [0.15, 0.2) is 23.8 Å². The number of aromatic nitrogens is 2. The molecule has 2 unspecified atom stereocenters. The van der Waals surface area contributed by atoms with Crippen molar-refractivity contribution in [3.8, 4) is 0 Å². The normalized spacial score (nSPS) is 24.2. The monoisotopic (exact) mass is 415 g/mol. The summed E-state index contributed by atoms with van der Waals surface area (Å²) in [6.07, 6.45) is 3.06. The predicted molar refractivity (Wildman–Crippen MR) is 110 cm³/mol. The Morgan fingerprint density at radius 3 is 2.70 bits per heavy atom. The van der Waals surface area contributed by atoms with Gasteiger partial charge in [0.15, 0.2) is 5.57 Å². The Morgan fingerprint density at radius 2 is 2.07 bits per heavy atom. The first kappa shape index (κ1) is 20.4. The summed E-state index contributed by atoms with van der Waals surface area (Å²) >= 11 is 0. The molecule has 4 rings (SSSR count). The average Bonchev–Trinajstić information content (AvgIpc) is 3.34. The molecule has 3 aliphatic rings. The molecule has 10 nitrogen and oxygen atoms in total. The van der Waals surface area contributed by atoms with Crippen molar-refractivity contribution in [2.75, 3.05) is 11.9 Å². The second kappa shape index (κ2) is 7.42. The maximum absolute atomic E-state index is 13.1. The molecule has 2 amide bonds. The first-order chi connectivity index (χ1) is 14.1. The Bertz CT molecular complexity index is 891. The minimum atomic E-state index is -0.526. The Kier molecular flexibility index (Phi) is 5.05. The third kappa shape index (κ3) is 4.18. The zero-order valence-corrected chi connectivity index (χ0v) is 17.8. The fraction of sp³-hybridized carbons (Fsp3) is 0.600. The fourth-order valence-electron chi connectivity index (χ4n) is 3.76. The summed E-state index contributed by atoms with van der Waals surface area (Å²) in [6.45, 7) is 8.50. The maximum atomic E-state index is 13.1. The largest absolute Gasteiger partial charge is 0.494 e. The highest BCUT2D eigenvalue weighted by molar-refractivity contribution is 6.19. The van der Waals surface area contributed by atoms with E-state index in [1.165, 1.54) is 11.3 Å². The first-order valence-electron chi connectivity index (χ1n) is 10.3. The number of carbonyl (C=O) groups is 2. The molecule has 1 aromatic heterocycles. The summed E-state index contributed by atoms with van der Waals surface area (Å²) in [7, 11) is 0. The number of nitrogens with zero attached hydrogens (tertiary/aromatic N) is 4. The lowest BCUT2D eigenvalue weighted by Gasteiger charge is -2.42. The van der Waals surface area contributed by atoms with Crippen LogP contribution < -0.4 is 16.1 Å². The lowest BCUT2D eigenvalue weighted by Crippen LogP contribution is -2.58. The molecule has 2 fully saturated rings. The third-order valence-corrected chi connectivity index (χ3v) is 5.24. The Hall–Kier alpha value is -2.88. The summed E-state index contributed by atoms with van der Waals surface area (Å²) in [5.41, 5.74) is 3.60. The van der Waals surface area contributed by atoms with Gasteiger partial charge in [-0.05, 0) is 25.2 Å². The number of aryl methyl sites for hydroxylation is 1. The molecule has 2 aliphatic heterocycles. The van der Waals surface area contributed by atoms with E-state index in [9.17, 15) is 14.7 Å². The molecule has 0 bridgehead atoms. The molecule has 0 spiro atoms. The van der Waals surface area contributed by atoms with Gasteiger partial charge in [-0.1, -0.05) is 20.8 Å². The first-order valence-corrected chi connectivity index (χ1v) is 10.3. The number of hydrogen-bond donors (Lipinski definition) is 4. The number of aliphatic hydroxyl groups is 1. The molecule has 30 heavy (non-hydrogen) atoms. The Morgan fingerprint density at radius 1 is 1.33 bits per heavy atom. The quantitative estimate of drug-likeness (QED) is 0.525. The Labute approximate surface area is 175 Å². The van der Waals surface area contributed by atoms with Gasteiger partial charge >= 0.3 is 0 Å². The standard InChI is InChI=1S/C20H29N7O3/c1-11-7-13(22-10-21-11)24-14-8-15-26(9-20(2,3)4)18(29)16(19(30)27(15)25-14)17(28)23-12-5-6-12/h7,10,12,14-15,25,29H,5-6,8-9H2,1-4H3,(H,23,28)(H,21,22,24). The SMILES string of the molecule is Cc1cc(NC2CC3N(CC(C)(C)C)C(O)=C(C(=O)NC4CC4)C(=O)N3N2)ncn1. The van der Waals surface area contributed by atoms with Gasteiger partial charge in [-0.15, -0.1) is 0 Å². The van der Waals surface area contributed by atoms with E-state index in [1.807, 2.05) is 33.8 Å². The highest BCUT2D eigenvalue weighted by atomic mass is 16.3. The van der Waals surface area contributed by atoms with E-state index in [0.717, 1.165) is 18.5 Å². The van der Waals surface area contributed by atoms with Crippen LogP contribution >= 0.6 is 0 Å². The maximum Gasteiger partial charge on any atom is 0.281 e. The van der Waals surface area contributed by atoms with E-state index in [0.29, 0.717) is 18.8 Å². The van der Waals surface area contributed by atoms with Crippen molar-refractivity contribution in [1.29, 1.82) is 0 Å². The number of amides is 2. The minimum absolute atomic E-state index is 0.0846. The van der Waals surface area contributed by atoms with E-state index >= 15 is 0 Å².